The Morgan fingerprint density at radius 3 is 2.29 bits per heavy atom. The molecular formula is C21H22N4O4S2. The molecule has 8 nitrogen and oxygen atoms in total. The summed E-state index contributed by atoms with van der Waals surface area (Å²) in [6.45, 7) is 4.10. The first-order valence-corrected chi connectivity index (χ1v) is 11.7. The van der Waals surface area contributed by atoms with E-state index in [4.69, 9.17) is 5.14 Å². The quantitative estimate of drug-likeness (QED) is 0.562. The molecule has 0 aliphatic heterocycles. The Morgan fingerprint density at radius 1 is 1.10 bits per heavy atom. The number of thiazole rings is 1. The third kappa shape index (κ3) is 5.75. The van der Waals surface area contributed by atoms with Gasteiger partial charge in [0.25, 0.3) is 5.91 Å². The first kappa shape index (κ1) is 22.6. The summed E-state index contributed by atoms with van der Waals surface area (Å²) in [5.74, 6) is -0.685. The molecule has 31 heavy (non-hydrogen) atoms. The van der Waals surface area contributed by atoms with E-state index < -0.39 is 16.1 Å². The minimum atomic E-state index is -4.35. The van der Waals surface area contributed by atoms with Crippen molar-refractivity contribution in [3.8, 4) is 0 Å². The second kappa shape index (κ2) is 9.38. The van der Waals surface area contributed by atoms with E-state index in [9.17, 15) is 18.0 Å². The number of carbonyl (C=O) groups excluding carboxylic acids is 2. The molecule has 1 aromatic heterocycles. The highest BCUT2D eigenvalue weighted by Crippen LogP contribution is 2.25. The Hall–Kier alpha value is -3.08. The van der Waals surface area contributed by atoms with Gasteiger partial charge in [0.2, 0.25) is 5.91 Å². The lowest BCUT2D eigenvalue weighted by Crippen LogP contribution is -2.41. The highest BCUT2D eigenvalue weighted by molar-refractivity contribution is 7.91. The fraction of sp³-hybridized carbons (Fsp3) is 0.190. The molecule has 0 spiro atoms. The van der Waals surface area contributed by atoms with Crippen LogP contribution in [0.5, 0.6) is 0 Å². The largest absolute Gasteiger partial charge is 0.305 e. The molecule has 0 bridgehead atoms. The SMILES string of the molecule is CC(C)c1cnc(NC(=O)Cc2ccc(N(C(=O)c3ccccc3)S(N)(=O)=O)cc2)s1. The second-order valence-electron chi connectivity index (χ2n) is 7.09. The summed E-state index contributed by atoms with van der Waals surface area (Å²) in [6.07, 6.45) is 1.81. The normalized spacial score (nSPS) is 11.4. The van der Waals surface area contributed by atoms with Crippen LogP contribution in [0.4, 0.5) is 10.8 Å². The minimum Gasteiger partial charge on any atom is -0.302 e. The number of anilines is 2. The number of carbonyl (C=O) groups is 2. The predicted molar refractivity (Wildman–Crippen MR) is 121 cm³/mol. The van der Waals surface area contributed by atoms with Gasteiger partial charge in [-0.2, -0.15) is 12.7 Å². The minimum absolute atomic E-state index is 0.0683. The van der Waals surface area contributed by atoms with Gasteiger partial charge in [-0.1, -0.05) is 44.2 Å². The molecule has 162 valence electrons. The van der Waals surface area contributed by atoms with Gasteiger partial charge in [0, 0.05) is 16.6 Å². The van der Waals surface area contributed by atoms with Gasteiger partial charge in [-0.25, -0.2) is 10.1 Å². The van der Waals surface area contributed by atoms with E-state index in [-0.39, 0.29) is 23.6 Å². The smallest absolute Gasteiger partial charge is 0.302 e. The summed E-state index contributed by atoms with van der Waals surface area (Å²) in [7, 11) is -4.35. The van der Waals surface area contributed by atoms with Crippen LogP contribution < -0.4 is 14.8 Å². The van der Waals surface area contributed by atoms with E-state index in [1.807, 2.05) is 13.8 Å². The van der Waals surface area contributed by atoms with Crippen molar-refractivity contribution in [2.24, 2.45) is 5.14 Å². The average molecular weight is 459 g/mol. The van der Waals surface area contributed by atoms with E-state index in [0.29, 0.717) is 20.9 Å². The number of benzene rings is 2. The maximum atomic E-state index is 12.7. The number of amides is 2. The molecule has 3 rings (SSSR count). The van der Waals surface area contributed by atoms with Crippen molar-refractivity contribution < 1.29 is 18.0 Å². The molecule has 3 aromatic rings. The second-order valence-corrected chi connectivity index (χ2v) is 9.55. The molecule has 1 heterocycles. The van der Waals surface area contributed by atoms with Crippen molar-refractivity contribution in [2.75, 3.05) is 9.62 Å². The fourth-order valence-corrected chi connectivity index (χ4v) is 4.37. The Labute approximate surface area is 184 Å². The van der Waals surface area contributed by atoms with Gasteiger partial charge in [-0.15, -0.1) is 11.3 Å². The molecular weight excluding hydrogens is 436 g/mol. The van der Waals surface area contributed by atoms with Crippen LogP contribution in [0.2, 0.25) is 0 Å². The van der Waals surface area contributed by atoms with Crippen LogP contribution in [0.3, 0.4) is 0 Å². The van der Waals surface area contributed by atoms with Crippen LogP contribution in [0, 0.1) is 0 Å². The van der Waals surface area contributed by atoms with Gasteiger partial charge in [0.1, 0.15) is 0 Å². The summed E-state index contributed by atoms with van der Waals surface area (Å²) in [4.78, 5) is 30.3. The van der Waals surface area contributed by atoms with E-state index >= 15 is 0 Å². The molecule has 2 aromatic carbocycles. The van der Waals surface area contributed by atoms with Crippen LogP contribution in [0.25, 0.3) is 0 Å². The predicted octanol–water partition coefficient (Wildman–Crippen LogP) is 3.30. The van der Waals surface area contributed by atoms with Crippen molar-refractivity contribution in [3.05, 3.63) is 76.8 Å². The topological polar surface area (TPSA) is 122 Å². The number of aromatic nitrogens is 1. The molecule has 2 amide bonds. The number of nitrogens with two attached hydrogens (primary N) is 1. The molecule has 3 N–H and O–H groups in total. The number of hydrogen-bond donors (Lipinski definition) is 2. The first-order valence-electron chi connectivity index (χ1n) is 9.42. The molecule has 0 atom stereocenters. The van der Waals surface area contributed by atoms with Gasteiger partial charge in [-0.05, 0) is 35.7 Å². The van der Waals surface area contributed by atoms with Crippen molar-refractivity contribution in [1.29, 1.82) is 0 Å². The number of nitrogens with one attached hydrogen (secondary N) is 1. The summed E-state index contributed by atoms with van der Waals surface area (Å²) >= 11 is 1.42. The number of nitrogens with zero attached hydrogens (tertiary/aromatic N) is 2. The van der Waals surface area contributed by atoms with Crippen LogP contribution >= 0.6 is 11.3 Å². The third-order valence-corrected chi connectivity index (χ3v) is 6.43. The molecule has 0 unspecified atom stereocenters. The van der Waals surface area contributed by atoms with E-state index in [2.05, 4.69) is 10.3 Å². The maximum Gasteiger partial charge on any atom is 0.305 e. The Bertz CT molecular complexity index is 1170. The zero-order chi connectivity index (χ0) is 22.6. The lowest BCUT2D eigenvalue weighted by molar-refractivity contribution is -0.115. The summed E-state index contributed by atoms with van der Waals surface area (Å²) < 4.78 is 24.7. The van der Waals surface area contributed by atoms with Gasteiger partial charge < -0.3 is 5.32 Å². The zero-order valence-electron chi connectivity index (χ0n) is 17.0. The van der Waals surface area contributed by atoms with E-state index in [1.165, 1.54) is 35.6 Å². The van der Waals surface area contributed by atoms with Crippen LogP contribution in [-0.2, 0) is 21.4 Å². The van der Waals surface area contributed by atoms with Crippen molar-refractivity contribution in [3.63, 3.8) is 0 Å². The lowest BCUT2D eigenvalue weighted by Gasteiger charge is -2.20. The summed E-state index contributed by atoms with van der Waals surface area (Å²) in [5, 5.41) is 8.57. The zero-order valence-corrected chi connectivity index (χ0v) is 18.6. The third-order valence-electron chi connectivity index (χ3n) is 4.33. The Morgan fingerprint density at radius 2 is 1.74 bits per heavy atom. The molecule has 0 fully saturated rings. The highest BCUT2D eigenvalue weighted by Gasteiger charge is 2.27. The van der Waals surface area contributed by atoms with E-state index in [0.717, 1.165) is 4.88 Å². The van der Waals surface area contributed by atoms with Gasteiger partial charge in [0.05, 0.1) is 12.1 Å². The van der Waals surface area contributed by atoms with Gasteiger partial charge >= 0.3 is 10.2 Å². The fourth-order valence-electron chi connectivity index (χ4n) is 2.79. The molecule has 10 heteroatoms. The van der Waals surface area contributed by atoms with Crippen LogP contribution in [0.15, 0.2) is 60.8 Å². The van der Waals surface area contributed by atoms with Crippen molar-refractivity contribution in [1.82, 2.24) is 4.98 Å². The lowest BCUT2D eigenvalue weighted by atomic mass is 10.1. The number of hydrogen-bond acceptors (Lipinski definition) is 6. The van der Waals surface area contributed by atoms with Gasteiger partial charge in [0.15, 0.2) is 5.13 Å². The van der Waals surface area contributed by atoms with Crippen molar-refractivity contribution >= 4 is 44.2 Å². The highest BCUT2D eigenvalue weighted by atomic mass is 32.2. The first-order chi connectivity index (χ1) is 14.6. The monoisotopic (exact) mass is 458 g/mol. The molecule has 0 saturated carbocycles. The van der Waals surface area contributed by atoms with Crippen LogP contribution in [0.1, 0.15) is 40.6 Å². The Balaban J connectivity index is 1.74. The van der Waals surface area contributed by atoms with Gasteiger partial charge in [-0.3, -0.25) is 9.59 Å². The Kier molecular flexibility index (Phi) is 6.84. The molecule has 0 aliphatic rings. The molecule has 0 radical (unpaired) electrons. The summed E-state index contributed by atoms with van der Waals surface area (Å²) in [6, 6.07) is 14.0. The van der Waals surface area contributed by atoms with Crippen LogP contribution in [-0.4, -0.2) is 25.2 Å². The summed E-state index contributed by atoms with van der Waals surface area (Å²) in [5.41, 5.74) is 0.912. The maximum absolute atomic E-state index is 12.7. The van der Waals surface area contributed by atoms with E-state index in [1.54, 1.807) is 36.5 Å². The average Bonchev–Trinajstić information content (AvgIpc) is 3.18. The molecule has 0 aliphatic carbocycles. The van der Waals surface area contributed by atoms with Crippen molar-refractivity contribution in [2.45, 2.75) is 26.2 Å². The molecule has 0 saturated heterocycles. The number of rotatable bonds is 7. The standard InChI is InChI=1S/C21H22N4O4S2/c1-14(2)18-13-23-21(30-18)24-19(26)12-15-8-10-17(11-9-15)25(31(22,28)29)20(27)16-6-4-3-5-7-16/h3-11,13-14H,12H2,1-2H3,(H2,22,28,29)(H,23,24,26).